The lowest BCUT2D eigenvalue weighted by Crippen LogP contribution is -2.42. The Hall–Kier alpha value is -1.45. The molecule has 2 aliphatic rings. The van der Waals surface area contributed by atoms with E-state index >= 15 is 0 Å². The number of allylic oxidation sites excluding steroid dienone is 2. The van der Waals surface area contributed by atoms with E-state index in [1.54, 1.807) is 6.92 Å². The molecule has 2 rings (SSSR count). The highest BCUT2D eigenvalue weighted by molar-refractivity contribution is 7.89. The standard InChI is InChI=1S/C19H32N2O6S/c1-2-11-28(25,26)21-13-18(22)20-12-15-14(16-9-10-17(15)27-16)7-5-3-4-6-8-19(23)24/h3,5,14-17,21H,2,4,6-13H2,1H3,(H,20,22)(H,23,24)/b5-3-/t14-,15+,16-,17+/m1/s1. The molecule has 0 unspecified atom stereocenters. The van der Waals surface area contributed by atoms with E-state index in [1.165, 1.54) is 0 Å². The highest BCUT2D eigenvalue weighted by atomic mass is 32.2. The number of rotatable bonds is 13. The summed E-state index contributed by atoms with van der Waals surface area (Å²) in [5.41, 5.74) is 0. The van der Waals surface area contributed by atoms with Crippen molar-refractivity contribution in [1.29, 1.82) is 0 Å². The molecule has 2 heterocycles. The minimum absolute atomic E-state index is 0.0153. The highest BCUT2D eigenvalue weighted by Gasteiger charge is 2.47. The van der Waals surface area contributed by atoms with Gasteiger partial charge < -0.3 is 15.2 Å². The van der Waals surface area contributed by atoms with Gasteiger partial charge in [-0.2, -0.15) is 0 Å². The Balaban J connectivity index is 1.75. The van der Waals surface area contributed by atoms with Gasteiger partial charge in [0.25, 0.3) is 0 Å². The number of sulfonamides is 1. The summed E-state index contributed by atoms with van der Waals surface area (Å²) in [6, 6.07) is 0. The number of unbranched alkanes of at least 4 members (excludes halogenated alkanes) is 1. The zero-order valence-corrected chi connectivity index (χ0v) is 17.2. The first-order valence-corrected chi connectivity index (χ1v) is 11.7. The number of hydrogen-bond donors (Lipinski definition) is 3. The number of amides is 1. The molecule has 8 nitrogen and oxygen atoms in total. The average Bonchev–Trinajstić information content (AvgIpc) is 3.22. The van der Waals surface area contributed by atoms with Crippen molar-refractivity contribution in [1.82, 2.24) is 10.0 Å². The van der Waals surface area contributed by atoms with Crippen LogP contribution in [0.2, 0.25) is 0 Å². The van der Waals surface area contributed by atoms with Crippen LogP contribution in [0.3, 0.4) is 0 Å². The zero-order chi connectivity index (χ0) is 20.6. The van der Waals surface area contributed by atoms with Gasteiger partial charge in [0, 0.05) is 18.9 Å². The van der Waals surface area contributed by atoms with E-state index in [2.05, 4.69) is 16.1 Å². The van der Waals surface area contributed by atoms with Gasteiger partial charge in [-0.05, 0) is 44.4 Å². The Morgan fingerprint density at radius 3 is 2.57 bits per heavy atom. The van der Waals surface area contributed by atoms with Crippen LogP contribution in [-0.4, -0.2) is 56.5 Å². The number of hydrogen-bond acceptors (Lipinski definition) is 5. The van der Waals surface area contributed by atoms with Crippen molar-refractivity contribution in [3.8, 4) is 0 Å². The van der Waals surface area contributed by atoms with Gasteiger partial charge in [-0.1, -0.05) is 19.1 Å². The molecule has 1 amide bonds. The van der Waals surface area contributed by atoms with Crippen LogP contribution in [0.15, 0.2) is 12.2 Å². The van der Waals surface area contributed by atoms with E-state index in [0.717, 1.165) is 25.7 Å². The van der Waals surface area contributed by atoms with Crippen molar-refractivity contribution in [2.45, 2.75) is 64.1 Å². The summed E-state index contributed by atoms with van der Waals surface area (Å²) in [6.45, 7) is 2.01. The van der Waals surface area contributed by atoms with Gasteiger partial charge in [-0.25, -0.2) is 13.1 Å². The van der Waals surface area contributed by atoms with Gasteiger partial charge in [0.15, 0.2) is 0 Å². The van der Waals surface area contributed by atoms with Crippen molar-refractivity contribution in [3.05, 3.63) is 12.2 Å². The van der Waals surface area contributed by atoms with Gasteiger partial charge in [0.1, 0.15) is 0 Å². The first-order chi connectivity index (χ1) is 13.3. The Morgan fingerprint density at radius 1 is 1.18 bits per heavy atom. The van der Waals surface area contributed by atoms with Crippen LogP contribution >= 0.6 is 0 Å². The van der Waals surface area contributed by atoms with Gasteiger partial charge in [0.05, 0.1) is 24.5 Å². The second-order valence-electron chi connectivity index (χ2n) is 7.56. The SMILES string of the molecule is CCCS(=O)(=O)NCC(=O)NC[C@H]1[C@@H](C/C=C\CCCC(=O)O)[C@H]2CC[C@@H]1O2. The largest absolute Gasteiger partial charge is 0.481 e. The number of carboxylic acid groups (broad SMARTS) is 1. The van der Waals surface area contributed by atoms with E-state index in [9.17, 15) is 18.0 Å². The summed E-state index contributed by atoms with van der Waals surface area (Å²) in [5.74, 6) is -0.542. The quantitative estimate of drug-likeness (QED) is 0.308. The van der Waals surface area contributed by atoms with Crippen LogP contribution in [-0.2, 0) is 24.3 Å². The Labute approximate surface area is 167 Å². The van der Waals surface area contributed by atoms with Crippen LogP contribution in [0.25, 0.3) is 0 Å². The molecule has 160 valence electrons. The zero-order valence-electron chi connectivity index (χ0n) is 16.4. The number of carboxylic acids is 1. The lowest BCUT2D eigenvalue weighted by molar-refractivity contribution is -0.137. The predicted molar refractivity (Wildman–Crippen MR) is 105 cm³/mol. The van der Waals surface area contributed by atoms with Crippen molar-refractivity contribution < 1.29 is 27.9 Å². The van der Waals surface area contributed by atoms with E-state index in [0.29, 0.717) is 25.3 Å². The van der Waals surface area contributed by atoms with Gasteiger partial charge in [-0.15, -0.1) is 0 Å². The van der Waals surface area contributed by atoms with Crippen molar-refractivity contribution in [2.75, 3.05) is 18.8 Å². The molecule has 4 atom stereocenters. The molecule has 2 bridgehead atoms. The summed E-state index contributed by atoms with van der Waals surface area (Å²) >= 11 is 0. The first-order valence-electron chi connectivity index (χ1n) is 10.1. The third kappa shape index (κ3) is 7.18. The maximum Gasteiger partial charge on any atom is 0.303 e. The minimum Gasteiger partial charge on any atom is -0.481 e. The topological polar surface area (TPSA) is 122 Å². The van der Waals surface area contributed by atoms with E-state index in [1.807, 2.05) is 6.08 Å². The molecule has 2 fully saturated rings. The average molecular weight is 417 g/mol. The number of nitrogens with one attached hydrogen (secondary N) is 2. The van der Waals surface area contributed by atoms with E-state index < -0.39 is 16.0 Å². The highest BCUT2D eigenvalue weighted by Crippen LogP contribution is 2.44. The summed E-state index contributed by atoms with van der Waals surface area (Å²) in [4.78, 5) is 22.5. The molecular weight excluding hydrogens is 384 g/mol. The number of carbonyl (C=O) groups excluding carboxylic acids is 1. The fourth-order valence-electron chi connectivity index (χ4n) is 4.03. The Bertz CT molecular complexity index is 663. The lowest BCUT2D eigenvalue weighted by atomic mass is 9.77. The molecule has 0 aliphatic carbocycles. The Kier molecular flexibility index (Phi) is 8.91. The maximum atomic E-state index is 12.0. The molecule has 9 heteroatoms. The number of aliphatic carboxylic acids is 1. The molecular formula is C19H32N2O6S. The molecule has 0 aromatic rings. The van der Waals surface area contributed by atoms with E-state index in [4.69, 9.17) is 9.84 Å². The van der Waals surface area contributed by atoms with Gasteiger partial charge in [-0.3, -0.25) is 9.59 Å². The first kappa shape index (κ1) is 22.8. The minimum atomic E-state index is -3.39. The predicted octanol–water partition coefficient (Wildman–Crippen LogP) is 1.43. The maximum absolute atomic E-state index is 12.0. The van der Waals surface area contributed by atoms with Gasteiger partial charge >= 0.3 is 5.97 Å². The molecule has 2 aliphatic heterocycles. The van der Waals surface area contributed by atoms with Crippen LogP contribution in [0.1, 0.15) is 51.9 Å². The fraction of sp³-hybridized carbons (Fsp3) is 0.789. The third-order valence-corrected chi connectivity index (χ3v) is 6.92. The molecule has 0 radical (unpaired) electrons. The lowest BCUT2D eigenvalue weighted by Gasteiger charge is -2.27. The number of fused-ring (bicyclic) bond motifs is 2. The van der Waals surface area contributed by atoms with Gasteiger partial charge in [0.2, 0.25) is 15.9 Å². The third-order valence-electron chi connectivity index (χ3n) is 5.39. The Morgan fingerprint density at radius 2 is 1.89 bits per heavy atom. The van der Waals surface area contributed by atoms with Crippen LogP contribution < -0.4 is 10.0 Å². The van der Waals surface area contributed by atoms with Crippen LogP contribution in [0.4, 0.5) is 0 Å². The summed E-state index contributed by atoms with van der Waals surface area (Å²) in [7, 11) is -3.39. The molecule has 3 N–H and O–H groups in total. The van der Waals surface area contributed by atoms with Crippen LogP contribution in [0, 0.1) is 11.8 Å². The van der Waals surface area contributed by atoms with Crippen molar-refractivity contribution in [2.24, 2.45) is 11.8 Å². The number of carbonyl (C=O) groups is 2. The molecule has 28 heavy (non-hydrogen) atoms. The van der Waals surface area contributed by atoms with E-state index in [-0.39, 0.29) is 42.8 Å². The molecule has 0 saturated carbocycles. The molecule has 2 saturated heterocycles. The normalized spacial score (nSPS) is 26.8. The number of ether oxygens (including phenoxy) is 1. The monoisotopic (exact) mass is 416 g/mol. The fourth-order valence-corrected chi connectivity index (χ4v) is 5.07. The molecule has 0 spiro atoms. The molecule has 0 aromatic heterocycles. The smallest absolute Gasteiger partial charge is 0.303 e. The van der Waals surface area contributed by atoms with Crippen molar-refractivity contribution >= 4 is 21.9 Å². The second kappa shape index (κ2) is 10.9. The van der Waals surface area contributed by atoms with Crippen LogP contribution in [0.5, 0.6) is 0 Å². The molecule has 0 aromatic carbocycles. The summed E-state index contributed by atoms with van der Waals surface area (Å²) in [6.07, 6.45) is 9.39. The second-order valence-corrected chi connectivity index (χ2v) is 9.48. The summed E-state index contributed by atoms with van der Waals surface area (Å²) in [5, 5.41) is 11.5. The van der Waals surface area contributed by atoms with Crippen molar-refractivity contribution in [3.63, 3.8) is 0 Å². The summed E-state index contributed by atoms with van der Waals surface area (Å²) < 4.78 is 31.6.